The predicted molar refractivity (Wildman–Crippen MR) is 74.1 cm³/mol. The van der Waals surface area contributed by atoms with Gasteiger partial charge >= 0.3 is 0 Å². The third-order valence-corrected chi connectivity index (χ3v) is 3.18. The van der Waals surface area contributed by atoms with Crippen LogP contribution in [0.4, 0.5) is 4.39 Å². The van der Waals surface area contributed by atoms with Crippen molar-refractivity contribution in [3.63, 3.8) is 0 Å². The second-order valence-electron chi connectivity index (χ2n) is 4.34. The van der Waals surface area contributed by atoms with Gasteiger partial charge in [0, 0.05) is 5.56 Å². The van der Waals surface area contributed by atoms with E-state index in [1.807, 2.05) is 48.5 Å². The monoisotopic (exact) mass is 247 g/mol. The fraction of sp³-hybridized carbons (Fsp3) is 0. The molecule has 0 saturated carbocycles. The van der Waals surface area contributed by atoms with Crippen molar-refractivity contribution < 1.29 is 4.39 Å². The normalized spacial score (nSPS) is 10.3. The van der Waals surface area contributed by atoms with Gasteiger partial charge in [-0.05, 0) is 28.5 Å². The Balaban J connectivity index is 2.22. The average Bonchev–Trinajstić information content (AvgIpc) is 2.47. The van der Waals surface area contributed by atoms with Crippen LogP contribution >= 0.6 is 0 Å². The Bertz CT molecular complexity index is 800. The molecule has 2 heteroatoms. The van der Waals surface area contributed by atoms with Crippen LogP contribution in [-0.2, 0) is 0 Å². The highest BCUT2D eigenvalue weighted by atomic mass is 19.1. The van der Waals surface area contributed by atoms with Gasteiger partial charge in [0.1, 0.15) is 11.9 Å². The smallest absolute Gasteiger partial charge is 0.148 e. The maximum atomic E-state index is 14.1. The van der Waals surface area contributed by atoms with Crippen molar-refractivity contribution in [2.45, 2.75) is 0 Å². The summed E-state index contributed by atoms with van der Waals surface area (Å²) in [5.74, 6) is -0.458. The summed E-state index contributed by atoms with van der Waals surface area (Å²) in [6.45, 7) is 0. The van der Waals surface area contributed by atoms with Crippen molar-refractivity contribution in [2.24, 2.45) is 0 Å². The molecule has 0 atom stereocenters. The van der Waals surface area contributed by atoms with Gasteiger partial charge in [-0.25, -0.2) is 4.39 Å². The maximum absolute atomic E-state index is 14.1. The topological polar surface area (TPSA) is 23.8 Å². The summed E-state index contributed by atoms with van der Waals surface area (Å²) >= 11 is 0. The van der Waals surface area contributed by atoms with Crippen molar-refractivity contribution >= 4 is 10.8 Å². The van der Waals surface area contributed by atoms with Crippen LogP contribution in [0.1, 0.15) is 5.56 Å². The van der Waals surface area contributed by atoms with Gasteiger partial charge in [0.15, 0.2) is 0 Å². The van der Waals surface area contributed by atoms with Crippen LogP contribution < -0.4 is 0 Å². The van der Waals surface area contributed by atoms with Gasteiger partial charge in [-0.3, -0.25) is 0 Å². The molecular formula is C17H10FN. The first-order valence-corrected chi connectivity index (χ1v) is 5.97. The molecule has 3 aromatic rings. The van der Waals surface area contributed by atoms with Crippen LogP contribution in [0, 0.1) is 17.1 Å². The Morgan fingerprint density at radius 1 is 0.842 bits per heavy atom. The first-order valence-electron chi connectivity index (χ1n) is 5.97. The lowest BCUT2D eigenvalue weighted by Crippen LogP contribution is -1.89. The molecular weight excluding hydrogens is 237 g/mol. The SMILES string of the molecule is N#Cc1cccc(-c2ccc3ccccc3c2)c1F. The number of benzene rings is 3. The van der Waals surface area contributed by atoms with Crippen LogP contribution in [0.15, 0.2) is 60.7 Å². The van der Waals surface area contributed by atoms with Gasteiger partial charge in [0.05, 0.1) is 5.56 Å². The van der Waals surface area contributed by atoms with E-state index in [4.69, 9.17) is 5.26 Å². The minimum Gasteiger partial charge on any atom is -0.205 e. The van der Waals surface area contributed by atoms with Gasteiger partial charge in [-0.2, -0.15) is 5.26 Å². The second-order valence-corrected chi connectivity index (χ2v) is 4.34. The van der Waals surface area contributed by atoms with E-state index in [9.17, 15) is 4.39 Å². The lowest BCUT2D eigenvalue weighted by molar-refractivity contribution is 0.627. The highest BCUT2D eigenvalue weighted by Gasteiger charge is 2.09. The van der Waals surface area contributed by atoms with E-state index >= 15 is 0 Å². The van der Waals surface area contributed by atoms with Gasteiger partial charge in [-0.1, -0.05) is 48.5 Å². The molecule has 0 unspecified atom stereocenters. The van der Waals surface area contributed by atoms with Crippen molar-refractivity contribution in [1.82, 2.24) is 0 Å². The molecule has 0 heterocycles. The molecule has 3 aromatic carbocycles. The first-order chi connectivity index (χ1) is 9.29. The number of halogens is 1. The fourth-order valence-electron chi connectivity index (χ4n) is 2.20. The standard InChI is InChI=1S/C17H10FN/c18-17-15(11-19)6-3-7-16(17)14-9-8-12-4-1-2-5-13(12)10-14/h1-10H. The van der Waals surface area contributed by atoms with Gasteiger partial charge < -0.3 is 0 Å². The van der Waals surface area contributed by atoms with E-state index < -0.39 is 5.82 Å². The van der Waals surface area contributed by atoms with Crippen LogP contribution in [0.25, 0.3) is 21.9 Å². The van der Waals surface area contributed by atoms with Crippen molar-refractivity contribution in [3.8, 4) is 17.2 Å². The molecule has 0 amide bonds. The molecule has 0 N–H and O–H groups in total. The lowest BCUT2D eigenvalue weighted by Gasteiger charge is -2.06. The molecule has 0 spiro atoms. The number of hydrogen-bond acceptors (Lipinski definition) is 1. The third-order valence-electron chi connectivity index (χ3n) is 3.18. The zero-order valence-corrected chi connectivity index (χ0v) is 10.1. The third kappa shape index (κ3) is 1.96. The molecule has 0 bridgehead atoms. The van der Waals surface area contributed by atoms with E-state index in [0.29, 0.717) is 5.56 Å². The Morgan fingerprint density at radius 2 is 1.63 bits per heavy atom. The lowest BCUT2D eigenvalue weighted by atomic mass is 9.99. The van der Waals surface area contributed by atoms with E-state index in [1.54, 1.807) is 12.1 Å². The number of nitrogens with zero attached hydrogens (tertiary/aromatic N) is 1. The van der Waals surface area contributed by atoms with E-state index in [-0.39, 0.29) is 5.56 Å². The number of nitriles is 1. The van der Waals surface area contributed by atoms with Crippen molar-refractivity contribution in [1.29, 1.82) is 5.26 Å². The molecule has 0 aliphatic rings. The predicted octanol–water partition coefficient (Wildman–Crippen LogP) is 4.52. The summed E-state index contributed by atoms with van der Waals surface area (Å²) in [5, 5.41) is 11.0. The number of hydrogen-bond donors (Lipinski definition) is 0. The molecule has 0 radical (unpaired) electrons. The maximum Gasteiger partial charge on any atom is 0.148 e. The molecule has 90 valence electrons. The molecule has 0 saturated heterocycles. The number of rotatable bonds is 1. The fourth-order valence-corrected chi connectivity index (χ4v) is 2.20. The summed E-state index contributed by atoms with van der Waals surface area (Å²) in [5.41, 5.74) is 1.32. The molecule has 0 aliphatic heterocycles. The van der Waals surface area contributed by atoms with Crippen LogP contribution in [0.5, 0.6) is 0 Å². The zero-order chi connectivity index (χ0) is 13.2. The highest BCUT2D eigenvalue weighted by molar-refractivity contribution is 5.87. The minimum absolute atomic E-state index is 0.0747. The minimum atomic E-state index is -0.458. The largest absolute Gasteiger partial charge is 0.205 e. The Morgan fingerprint density at radius 3 is 2.42 bits per heavy atom. The summed E-state index contributed by atoms with van der Waals surface area (Å²) < 4.78 is 14.1. The summed E-state index contributed by atoms with van der Waals surface area (Å²) in [4.78, 5) is 0. The highest BCUT2D eigenvalue weighted by Crippen LogP contribution is 2.27. The average molecular weight is 247 g/mol. The number of fused-ring (bicyclic) bond motifs is 1. The van der Waals surface area contributed by atoms with E-state index in [1.165, 1.54) is 6.07 Å². The zero-order valence-electron chi connectivity index (χ0n) is 10.1. The van der Waals surface area contributed by atoms with Crippen LogP contribution in [0.2, 0.25) is 0 Å². The van der Waals surface area contributed by atoms with Gasteiger partial charge in [0.25, 0.3) is 0 Å². The second kappa shape index (κ2) is 4.55. The van der Waals surface area contributed by atoms with Gasteiger partial charge in [0.2, 0.25) is 0 Å². The first kappa shape index (κ1) is 11.4. The molecule has 0 aromatic heterocycles. The summed E-state index contributed by atoms with van der Waals surface area (Å²) in [7, 11) is 0. The van der Waals surface area contributed by atoms with E-state index in [0.717, 1.165) is 16.3 Å². The Kier molecular flexibility index (Phi) is 2.74. The molecule has 0 fully saturated rings. The Labute approximate surface area is 110 Å². The molecule has 19 heavy (non-hydrogen) atoms. The van der Waals surface area contributed by atoms with Gasteiger partial charge in [-0.15, -0.1) is 0 Å². The summed E-state index contributed by atoms with van der Waals surface area (Å²) in [6.07, 6.45) is 0. The summed E-state index contributed by atoms with van der Waals surface area (Å²) in [6, 6.07) is 20.5. The van der Waals surface area contributed by atoms with Crippen LogP contribution in [-0.4, -0.2) is 0 Å². The van der Waals surface area contributed by atoms with Crippen LogP contribution in [0.3, 0.4) is 0 Å². The Hall–Kier alpha value is -2.66. The molecule has 0 aliphatic carbocycles. The van der Waals surface area contributed by atoms with E-state index in [2.05, 4.69) is 0 Å². The molecule has 3 rings (SSSR count). The van der Waals surface area contributed by atoms with Crippen molar-refractivity contribution in [2.75, 3.05) is 0 Å². The van der Waals surface area contributed by atoms with Crippen molar-refractivity contribution in [3.05, 3.63) is 72.0 Å². The quantitative estimate of drug-likeness (QED) is 0.620. The molecule has 1 nitrogen and oxygen atoms in total.